The van der Waals surface area contributed by atoms with Gasteiger partial charge in [0.2, 0.25) is 0 Å². The van der Waals surface area contributed by atoms with E-state index in [2.05, 4.69) is 17.0 Å². The predicted molar refractivity (Wildman–Crippen MR) is 109 cm³/mol. The highest BCUT2D eigenvalue weighted by atomic mass is 32.2. The van der Waals surface area contributed by atoms with Gasteiger partial charge in [-0.3, -0.25) is 4.79 Å². The number of hydrazine groups is 1. The standard InChI is InChI=1S/C20H31N3O5S/c24-20(28-15-7-5-10-18-8-2-1-3-9-18)19-11-4-6-12-23(19)29(25,26)21-22-13-16-27-17-14-22/h1-3,8-9,19,21H,4-7,10-17H2/t19-/m0/s1. The molecule has 3 rings (SSSR count). The maximum absolute atomic E-state index is 12.8. The number of nitrogens with one attached hydrogen (secondary N) is 1. The van der Waals surface area contributed by atoms with Crippen molar-refractivity contribution in [2.75, 3.05) is 39.5 Å². The van der Waals surface area contributed by atoms with E-state index in [9.17, 15) is 13.2 Å². The van der Waals surface area contributed by atoms with Crippen LogP contribution in [0.1, 0.15) is 37.7 Å². The zero-order chi connectivity index (χ0) is 20.5. The molecule has 2 fully saturated rings. The van der Waals surface area contributed by atoms with Gasteiger partial charge < -0.3 is 9.47 Å². The Morgan fingerprint density at radius 2 is 1.86 bits per heavy atom. The summed E-state index contributed by atoms with van der Waals surface area (Å²) < 4.78 is 37.6. The molecule has 0 aliphatic carbocycles. The van der Waals surface area contributed by atoms with Gasteiger partial charge in [-0.25, -0.2) is 5.01 Å². The van der Waals surface area contributed by atoms with Crippen LogP contribution < -0.4 is 4.83 Å². The van der Waals surface area contributed by atoms with E-state index in [4.69, 9.17) is 9.47 Å². The number of piperidine rings is 1. The Morgan fingerprint density at radius 1 is 1.10 bits per heavy atom. The van der Waals surface area contributed by atoms with Crippen molar-refractivity contribution in [2.45, 2.75) is 44.6 Å². The molecule has 0 amide bonds. The van der Waals surface area contributed by atoms with Crippen LogP contribution in [0.25, 0.3) is 0 Å². The third-order valence-electron chi connectivity index (χ3n) is 5.24. The summed E-state index contributed by atoms with van der Waals surface area (Å²) in [7, 11) is -3.80. The molecule has 0 saturated carbocycles. The summed E-state index contributed by atoms with van der Waals surface area (Å²) in [6.07, 6.45) is 4.66. The lowest BCUT2D eigenvalue weighted by Gasteiger charge is -2.35. The first-order valence-electron chi connectivity index (χ1n) is 10.4. The lowest BCUT2D eigenvalue weighted by Crippen LogP contribution is -2.57. The van der Waals surface area contributed by atoms with E-state index < -0.39 is 22.2 Å². The molecule has 1 aromatic rings. The van der Waals surface area contributed by atoms with Gasteiger partial charge in [-0.2, -0.15) is 12.7 Å². The molecule has 29 heavy (non-hydrogen) atoms. The molecule has 2 heterocycles. The summed E-state index contributed by atoms with van der Waals surface area (Å²) in [4.78, 5) is 15.2. The van der Waals surface area contributed by atoms with Gasteiger partial charge in [0, 0.05) is 19.6 Å². The second kappa shape index (κ2) is 11.0. The third-order valence-corrected chi connectivity index (χ3v) is 6.78. The van der Waals surface area contributed by atoms with Crippen LogP contribution in [0.4, 0.5) is 0 Å². The van der Waals surface area contributed by atoms with Crippen molar-refractivity contribution >= 4 is 16.2 Å². The van der Waals surface area contributed by atoms with Crippen molar-refractivity contribution in [1.82, 2.24) is 14.1 Å². The maximum atomic E-state index is 12.8. The molecule has 0 spiro atoms. The highest BCUT2D eigenvalue weighted by Gasteiger charge is 2.38. The summed E-state index contributed by atoms with van der Waals surface area (Å²) in [6, 6.07) is 9.42. The van der Waals surface area contributed by atoms with Crippen LogP contribution in [0.15, 0.2) is 30.3 Å². The van der Waals surface area contributed by atoms with E-state index in [0.717, 1.165) is 32.1 Å². The number of unbranched alkanes of at least 4 members (excludes halogenated alkanes) is 1. The number of ether oxygens (including phenoxy) is 2. The Kier molecular flexibility index (Phi) is 8.43. The van der Waals surface area contributed by atoms with Crippen LogP contribution in [0.3, 0.4) is 0 Å². The van der Waals surface area contributed by atoms with Crippen LogP contribution in [-0.2, 0) is 30.9 Å². The molecule has 0 radical (unpaired) electrons. The quantitative estimate of drug-likeness (QED) is 0.476. The van der Waals surface area contributed by atoms with Gasteiger partial charge in [0.25, 0.3) is 10.2 Å². The molecule has 1 atom stereocenters. The normalized spacial score (nSPS) is 21.7. The van der Waals surface area contributed by atoms with Gasteiger partial charge in [-0.15, -0.1) is 4.83 Å². The van der Waals surface area contributed by atoms with Crippen molar-refractivity contribution in [3.63, 3.8) is 0 Å². The molecule has 0 aromatic heterocycles. The summed E-state index contributed by atoms with van der Waals surface area (Å²) in [5, 5.41) is 1.62. The van der Waals surface area contributed by atoms with Crippen molar-refractivity contribution < 1.29 is 22.7 Å². The Morgan fingerprint density at radius 3 is 2.62 bits per heavy atom. The predicted octanol–water partition coefficient (Wildman–Crippen LogP) is 1.49. The van der Waals surface area contributed by atoms with Crippen molar-refractivity contribution in [2.24, 2.45) is 0 Å². The minimum Gasteiger partial charge on any atom is -0.464 e. The lowest BCUT2D eigenvalue weighted by molar-refractivity contribution is -0.149. The number of morpholine rings is 1. The zero-order valence-electron chi connectivity index (χ0n) is 16.8. The molecular formula is C20H31N3O5S. The van der Waals surface area contributed by atoms with Gasteiger partial charge in [0.15, 0.2) is 0 Å². The van der Waals surface area contributed by atoms with Crippen LogP contribution in [-0.4, -0.2) is 69.2 Å². The Balaban J connectivity index is 1.47. The summed E-state index contributed by atoms with van der Waals surface area (Å²) >= 11 is 0. The number of esters is 1. The minimum atomic E-state index is -3.80. The number of nitrogens with zero attached hydrogens (tertiary/aromatic N) is 2. The average Bonchev–Trinajstić information content (AvgIpc) is 2.74. The maximum Gasteiger partial charge on any atom is 0.324 e. The van der Waals surface area contributed by atoms with Crippen LogP contribution in [0.5, 0.6) is 0 Å². The molecule has 2 aliphatic rings. The number of aryl methyl sites for hydroxylation is 1. The Labute approximate surface area is 173 Å². The lowest BCUT2D eigenvalue weighted by atomic mass is 10.1. The van der Waals surface area contributed by atoms with E-state index in [-0.39, 0.29) is 0 Å². The van der Waals surface area contributed by atoms with E-state index >= 15 is 0 Å². The van der Waals surface area contributed by atoms with Gasteiger partial charge in [0.1, 0.15) is 6.04 Å². The monoisotopic (exact) mass is 425 g/mol. The van der Waals surface area contributed by atoms with E-state index in [1.165, 1.54) is 9.87 Å². The number of carbonyl (C=O) groups excluding carboxylic acids is 1. The molecule has 8 nitrogen and oxygen atoms in total. The molecule has 0 bridgehead atoms. The minimum absolute atomic E-state index is 0.312. The van der Waals surface area contributed by atoms with Crippen LogP contribution >= 0.6 is 0 Å². The van der Waals surface area contributed by atoms with Crippen molar-refractivity contribution in [3.8, 4) is 0 Å². The second-order valence-electron chi connectivity index (χ2n) is 7.43. The highest BCUT2D eigenvalue weighted by Crippen LogP contribution is 2.21. The smallest absolute Gasteiger partial charge is 0.324 e. The SMILES string of the molecule is O=C(OCCCCc1ccccc1)[C@@H]1CCCCN1S(=O)(=O)NN1CCOCC1. The first-order valence-corrected chi connectivity index (χ1v) is 11.8. The molecular weight excluding hydrogens is 394 g/mol. The second-order valence-corrected chi connectivity index (χ2v) is 9.03. The molecule has 162 valence electrons. The zero-order valence-corrected chi connectivity index (χ0v) is 17.6. The topological polar surface area (TPSA) is 88.2 Å². The van der Waals surface area contributed by atoms with Gasteiger partial charge in [0.05, 0.1) is 19.8 Å². The number of hydrogen-bond acceptors (Lipinski definition) is 6. The van der Waals surface area contributed by atoms with E-state index in [0.29, 0.717) is 45.9 Å². The molecule has 2 aliphatic heterocycles. The fourth-order valence-electron chi connectivity index (χ4n) is 3.64. The van der Waals surface area contributed by atoms with Gasteiger partial charge in [-0.1, -0.05) is 30.3 Å². The first kappa shape index (κ1) is 22.2. The van der Waals surface area contributed by atoms with Crippen molar-refractivity contribution in [3.05, 3.63) is 35.9 Å². The van der Waals surface area contributed by atoms with Gasteiger partial charge in [-0.05, 0) is 44.1 Å². The summed E-state index contributed by atoms with van der Waals surface area (Å²) in [6.45, 7) is 2.58. The fourth-order valence-corrected chi connectivity index (χ4v) is 5.15. The summed E-state index contributed by atoms with van der Waals surface area (Å²) in [5.74, 6) is -0.447. The fraction of sp³-hybridized carbons (Fsp3) is 0.650. The van der Waals surface area contributed by atoms with E-state index in [1.54, 1.807) is 5.01 Å². The largest absolute Gasteiger partial charge is 0.464 e. The van der Waals surface area contributed by atoms with Crippen LogP contribution in [0.2, 0.25) is 0 Å². The van der Waals surface area contributed by atoms with Gasteiger partial charge >= 0.3 is 5.97 Å². The third kappa shape index (κ3) is 6.75. The number of hydrogen-bond donors (Lipinski definition) is 1. The molecule has 9 heteroatoms. The number of carbonyl (C=O) groups is 1. The molecule has 1 N–H and O–H groups in total. The number of benzene rings is 1. The summed E-state index contributed by atoms with van der Waals surface area (Å²) in [5.41, 5.74) is 1.26. The molecule has 1 aromatic carbocycles. The Hall–Kier alpha value is -1.52. The average molecular weight is 426 g/mol. The first-order chi connectivity index (χ1) is 14.1. The highest BCUT2D eigenvalue weighted by molar-refractivity contribution is 7.87. The van der Waals surface area contributed by atoms with Crippen molar-refractivity contribution in [1.29, 1.82) is 0 Å². The van der Waals surface area contributed by atoms with E-state index in [1.807, 2.05) is 18.2 Å². The number of rotatable bonds is 9. The Bertz CT molecular complexity index is 738. The molecule has 2 saturated heterocycles. The molecule has 0 unspecified atom stereocenters. The van der Waals surface area contributed by atoms with Crippen LogP contribution in [0, 0.1) is 0 Å².